The highest BCUT2D eigenvalue weighted by atomic mass is 32.2. The lowest BCUT2D eigenvalue weighted by molar-refractivity contribution is 0.386. The average Bonchev–Trinajstić information content (AvgIpc) is 2.93. The summed E-state index contributed by atoms with van der Waals surface area (Å²) in [6.45, 7) is 6.02. The number of aryl methyl sites for hydroxylation is 3. The van der Waals surface area contributed by atoms with Crippen molar-refractivity contribution in [2.75, 3.05) is 14.2 Å². The Hall–Kier alpha value is -4.11. The standard InChI is InChI=1S/C30H32N2O6S/c1-6-7-11-26-31-29(33)28(30(34)32(26)27-24(37-4)9-8-10-25(27)38-5)39(35,36)23-16-14-21(15-17-23)22-13-12-19(2)20(3)18-22/h8-10,12-18,33H,6-7,11H2,1-5H3. The highest BCUT2D eigenvalue weighted by molar-refractivity contribution is 7.91. The summed E-state index contributed by atoms with van der Waals surface area (Å²) in [5.41, 5.74) is 3.33. The van der Waals surface area contributed by atoms with E-state index in [0.717, 1.165) is 28.7 Å². The molecule has 3 aromatic carbocycles. The number of hydrogen-bond acceptors (Lipinski definition) is 7. The maximum atomic E-state index is 14.0. The molecule has 4 rings (SSSR count). The van der Waals surface area contributed by atoms with Crippen molar-refractivity contribution in [3.8, 4) is 34.2 Å². The number of para-hydroxylation sites is 1. The van der Waals surface area contributed by atoms with Crippen LogP contribution in [0.5, 0.6) is 17.4 Å². The van der Waals surface area contributed by atoms with Crippen LogP contribution in [0.4, 0.5) is 0 Å². The first-order valence-electron chi connectivity index (χ1n) is 12.6. The Morgan fingerprint density at radius 1 is 0.897 bits per heavy atom. The molecule has 0 saturated carbocycles. The molecule has 4 aromatic rings. The zero-order chi connectivity index (χ0) is 28.3. The molecule has 0 unspecified atom stereocenters. The molecule has 8 nitrogen and oxygen atoms in total. The zero-order valence-corrected chi connectivity index (χ0v) is 23.5. The number of methoxy groups -OCH3 is 2. The molecule has 0 aliphatic heterocycles. The number of hydrogen-bond donors (Lipinski definition) is 1. The second kappa shape index (κ2) is 11.3. The van der Waals surface area contributed by atoms with Crippen molar-refractivity contribution in [3.63, 3.8) is 0 Å². The molecule has 0 aliphatic rings. The van der Waals surface area contributed by atoms with Gasteiger partial charge in [0.2, 0.25) is 15.7 Å². The highest BCUT2D eigenvalue weighted by Crippen LogP contribution is 2.34. The van der Waals surface area contributed by atoms with Crippen LogP contribution in [-0.4, -0.2) is 37.3 Å². The van der Waals surface area contributed by atoms with E-state index in [1.807, 2.05) is 39.0 Å². The van der Waals surface area contributed by atoms with Gasteiger partial charge < -0.3 is 14.6 Å². The van der Waals surface area contributed by atoms with Gasteiger partial charge in [0.1, 0.15) is 23.0 Å². The predicted molar refractivity (Wildman–Crippen MR) is 150 cm³/mol. The molecular formula is C30H32N2O6S. The Morgan fingerprint density at radius 3 is 2.08 bits per heavy atom. The van der Waals surface area contributed by atoms with E-state index in [1.165, 1.54) is 30.9 Å². The van der Waals surface area contributed by atoms with E-state index in [-0.39, 0.29) is 16.4 Å². The molecule has 1 heterocycles. The first kappa shape index (κ1) is 27.9. The average molecular weight is 549 g/mol. The number of unbranched alkanes of at least 4 members (excludes halogenated alkanes) is 1. The fourth-order valence-electron chi connectivity index (χ4n) is 4.42. The van der Waals surface area contributed by atoms with Gasteiger partial charge in [0.05, 0.1) is 19.1 Å². The molecule has 0 saturated heterocycles. The predicted octanol–water partition coefficient (Wildman–Crippen LogP) is 5.41. The smallest absolute Gasteiger partial charge is 0.281 e. The van der Waals surface area contributed by atoms with Crippen molar-refractivity contribution in [2.45, 2.75) is 49.8 Å². The molecule has 9 heteroatoms. The van der Waals surface area contributed by atoms with Crippen molar-refractivity contribution in [1.29, 1.82) is 0 Å². The monoisotopic (exact) mass is 548 g/mol. The third-order valence-electron chi connectivity index (χ3n) is 6.75. The Labute approximate surface area is 228 Å². The maximum Gasteiger partial charge on any atom is 0.281 e. The molecule has 204 valence electrons. The third kappa shape index (κ3) is 5.27. The zero-order valence-electron chi connectivity index (χ0n) is 22.7. The van der Waals surface area contributed by atoms with Gasteiger partial charge in [0.25, 0.3) is 5.56 Å². The summed E-state index contributed by atoms with van der Waals surface area (Å²) < 4.78 is 39.7. The van der Waals surface area contributed by atoms with Crippen LogP contribution >= 0.6 is 0 Å². The number of aromatic nitrogens is 2. The summed E-state index contributed by atoms with van der Waals surface area (Å²) in [7, 11) is -1.56. The molecule has 1 N–H and O–H groups in total. The van der Waals surface area contributed by atoms with E-state index in [4.69, 9.17) is 9.47 Å². The number of benzene rings is 3. The highest BCUT2D eigenvalue weighted by Gasteiger charge is 2.31. The fraction of sp³-hybridized carbons (Fsp3) is 0.267. The lowest BCUT2D eigenvalue weighted by Gasteiger charge is -2.19. The second-order valence-electron chi connectivity index (χ2n) is 9.26. The van der Waals surface area contributed by atoms with E-state index in [9.17, 15) is 18.3 Å². The number of nitrogens with zero attached hydrogens (tertiary/aromatic N) is 2. The number of ether oxygens (including phenoxy) is 2. The Kier molecular flexibility index (Phi) is 8.11. The van der Waals surface area contributed by atoms with Gasteiger partial charge in [0.15, 0.2) is 4.90 Å². The summed E-state index contributed by atoms with van der Waals surface area (Å²) >= 11 is 0. The molecule has 0 fully saturated rings. The van der Waals surface area contributed by atoms with Crippen LogP contribution in [0.15, 0.2) is 75.2 Å². The minimum atomic E-state index is -4.45. The van der Waals surface area contributed by atoms with E-state index in [0.29, 0.717) is 24.3 Å². The molecule has 0 bridgehead atoms. The molecule has 0 spiro atoms. The normalized spacial score (nSPS) is 11.4. The summed E-state index contributed by atoms with van der Waals surface area (Å²) in [4.78, 5) is 17.2. The summed E-state index contributed by atoms with van der Waals surface area (Å²) in [6, 6.07) is 17.2. The van der Waals surface area contributed by atoms with Crippen molar-refractivity contribution >= 4 is 9.84 Å². The van der Waals surface area contributed by atoms with Crippen LogP contribution < -0.4 is 15.0 Å². The third-order valence-corrected chi connectivity index (χ3v) is 8.53. The van der Waals surface area contributed by atoms with Crippen molar-refractivity contribution in [2.24, 2.45) is 0 Å². The number of sulfone groups is 1. The van der Waals surface area contributed by atoms with E-state index in [1.54, 1.807) is 30.3 Å². The summed E-state index contributed by atoms with van der Waals surface area (Å²) in [5, 5.41) is 10.8. The number of aromatic hydroxyl groups is 1. The molecule has 0 atom stereocenters. The summed E-state index contributed by atoms with van der Waals surface area (Å²) in [5.74, 6) is -0.0498. The second-order valence-corrected chi connectivity index (χ2v) is 11.1. The van der Waals surface area contributed by atoms with E-state index in [2.05, 4.69) is 4.98 Å². The minimum Gasteiger partial charge on any atom is -0.494 e. The van der Waals surface area contributed by atoms with Crippen molar-refractivity contribution in [1.82, 2.24) is 9.55 Å². The van der Waals surface area contributed by atoms with Gasteiger partial charge in [-0.25, -0.2) is 8.42 Å². The van der Waals surface area contributed by atoms with Gasteiger partial charge in [-0.15, -0.1) is 0 Å². The molecule has 1 aromatic heterocycles. The largest absolute Gasteiger partial charge is 0.494 e. The van der Waals surface area contributed by atoms with Crippen LogP contribution in [-0.2, 0) is 16.3 Å². The number of rotatable bonds is 9. The lowest BCUT2D eigenvalue weighted by Crippen LogP contribution is -2.29. The van der Waals surface area contributed by atoms with Gasteiger partial charge in [-0.05, 0) is 66.8 Å². The Morgan fingerprint density at radius 2 is 1.51 bits per heavy atom. The lowest BCUT2D eigenvalue weighted by atomic mass is 10.0. The molecule has 39 heavy (non-hydrogen) atoms. The summed E-state index contributed by atoms with van der Waals surface area (Å²) in [6.07, 6.45) is 1.79. The minimum absolute atomic E-state index is 0.135. The van der Waals surface area contributed by atoms with Crippen LogP contribution in [0.25, 0.3) is 16.8 Å². The quantitative estimate of drug-likeness (QED) is 0.298. The van der Waals surface area contributed by atoms with Gasteiger partial charge in [-0.3, -0.25) is 9.36 Å². The molecule has 0 radical (unpaired) electrons. The molecule has 0 aliphatic carbocycles. The molecular weight excluding hydrogens is 516 g/mol. The van der Waals surface area contributed by atoms with Crippen LogP contribution in [0.2, 0.25) is 0 Å². The van der Waals surface area contributed by atoms with Gasteiger partial charge in [0, 0.05) is 6.42 Å². The topological polar surface area (TPSA) is 108 Å². The van der Waals surface area contributed by atoms with Crippen molar-refractivity contribution < 1.29 is 23.0 Å². The van der Waals surface area contributed by atoms with E-state index < -0.39 is 26.2 Å². The van der Waals surface area contributed by atoms with Gasteiger partial charge in [-0.2, -0.15) is 4.98 Å². The first-order chi connectivity index (χ1) is 18.6. The maximum absolute atomic E-state index is 14.0. The van der Waals surface area contributed by atoms with Crippen LogP contribution in [0.1, 0.15) is 36.7 Å². The Balaban J connectivity index is 1.91. The van der Waals surface area contributed by atoms with E-state index >= 15 is 0 Å². The van der Waals surface area contributed by atoms with Crippen molar-refractivity contribution in [3.05, 3.63) is 88.0 Å². The Bertz CT molecular complexity index is 1650. The molecule has 0 amide bonds. The first-order valence-corrected chi connectivity index (χ1v) is 14.1. The van der Waals surface area contributed by atoms with Gasteiger partial charge in [-0.1, -0.05) is 49.7 Å². The SMILES string of the molecule is CCCCc1nc(O)c(S(=O)(=O)c2ccc(-c3ccc(C)c(C)c3)cc2)c(=O)n1-c1c(OC)cccc1OC. The van der Waals surface area contributed by atoms with Crippen LogP contribution in [0, 0.1) is 13.8 Å². The van der Waals surface area contributed by atoms with Gasteiger partial charge >= 0.3 is 0 Å². The fourth-order valence-corrected chi connectivity index (χ4v) is 5.76. The van der Waals surface area contributed by atoms with Crippen LogP contribution in [0.3, 0.4) is 0 Å².